The van der Waals surface area contributed by atoms with Gasteiger partial charge in [-0.2, -0.15) is 0 Å². The van der Waals surface area contributed by atoms with E-state index in [1.54, 1.807) is 6.08 Å². The van der Waals surface area contributed by atoms with E-state index in [0.717, 1.165) is 21.3 Å². The summed E-state index contributed by atoms with van der Waals surface area (Å²) in [4.78, 5) is 25.8. The molecular weight excluding hydrogens is 550 g/mol. The molecule has 2 aromatic carbocycles. The number of amides is 2. The highest BCUT2D eigenvalue weighted by Crippen LogP contribution is 2.29. The molecule has 3 rings (SSSR count). The predicted molar refractivity (Wildman–Crippen MR) is 154 cm³/mol. The fraction of sp³-hybridized carbons (Fsp3) is 0.357. The van der Waals surface area contributed by atoms with E-state index in [9.17, 15) is 9.59 Å². The van der Waals surface area contributed by atoms with Crippen molar-refractivity contribution in [1.29, 1.82) is 0 Å². The van der Waals surface area contributed by atoms with Gasteiger partial charge in [-0.15, -0.1) is 16.8 Å². The lowest BCUT2D eigenvalue weighted by atomic mass is 10.0. The predicted octanol–water partition coefficient (Wildman–Crippen LogP) is 6.52. The average molecular weight is 585 g/mol. The number of halogens is 1. The molecule has 0 bridgehead atoms. The molecule has 0 unspecified atom stereocenters. The van der Waals surface area contributed by atoms with Gasteiger partial charge in [0, 0.05) is 22.3 Å². The molecule has 0 radical (unpaired) electrons. The number of aromatic nitrogens is 3. The molecule has 196 valence electrons. The Morgan fingerprint density at radius 2 is 1.81 bits per heavy atom. The molecule has 1 heterocycles. The first-order valence-electron chi connectivity index (χ1n) is 12.2. The summed E-state index contributed by atoms with van der Waals surface area (Å²) in [6, 6.07) is 12.9. The van der Waals surface area contributed by atoms with Crippen molar-refractivity contribution in [2.24, 2.45) is 5.92 Å². The summed E-state index contributed by atoms with van der Waals surface area (Å²) in [5, 5.41) is 15.5. The van der Waals surface area contributed by atoms with E-state index in [-0.39, 0.29) is 35.4 Å². The van der Waals surface area contributed by atoms with Crippen LogP contribution in [0.15, 0.2) is 64.7 Å². The number of benzene rings is 2. The summed E-state index contributed by atoms with van der Waals surface area (Å²) in [5.41, 5.74) is 3.55. The Morgan fingerprint density at radius 1 is 1.11 bits per heavy atom. The molecule has 37 heavy (non-hydrogen) atoms. The van der Waals surface area contributed by atoms with Gasteiger partial charge in [-0.3, -0.25) is 9.59 Å². The summed E-state index contributed by atoms with van der Waals surface area (Å²) in [5.74, 6) is 0.837. The molecule has 0 aliphatic heterocycles. The highest BCUT2D eigenvalue weighted by molar-refractivity contribution is 9.10. The Morgan fingerprint density at radius 3 is 2.43 bits per heavy atom. The maximum absolute atomic E-state index is 13.0. The minimum absolute atomic E-state index is 0.0650. The summed E-state index contributed by atoms with van der Waals surface area (Å²) in [7, 11) is 0. The second-order valence-corrected chi connectivity index (χ2v) is 11.4. The molecule has 0 aliphatic carbocycles. The number of anilines is 1. The number of thioether (sulfide) groups is 1. The van der Waals surface area contributed by atoms with Crippen LogP contribution in [0, 0.1) is 12.8 Å². The van der Waals surface area contributed by atoms with Gasteiger partial charge in [-0.1, -0.05) is 79.2 Å². The Labute approximate surface area is 231 Å². The van der Waals surface area contributed by atoms with Crippen LogP contribution in [0.1, 0.15) is 67.0 Å². The van der Waals surface area contributed by atoms with E-state index in [2.05, 4.69) is 57.2 Å². The molecule has 1 aromatic heterocycles. The second kappa shape index (κ2) is 13.1. The van der Waals surface area contributed by atoms with Gasteiger partial charge in [-0.25, -0.2) is 0 Å². The van der Waals surface area contributed by atoms with Crippen LogP contribution in [0.4, 0.5) is 5.69 Å². The molecule has 9 heteroatoms. The molecular formula is C28H34BrN5O2S. The van der Waals surface area contributed by atoms with Gasteiger partial charge in [0.05, 0.1) is 11.8 Å². The molecule has 3 aromatic rings. The van der Waals surface area contributed by atoms with Crippen molar-refractivity contribution in [2.45, 2.75) is 58.3 Å². The molecule has 1 atom stereocenters. The van der Waals surface area contributed by atoms with Crippen molar-refractivity contribution >= 4 is 45.2 Å². The van der Waals surface area contributed by atoms with Gasteiger partial charge in [0.2, 0.25) is 5.91 Å². The van der Waals surface area contributed by atoms with Crippen LogP contribution in [-0.4, -0.2) is 32.3 Å². The number of carbonyl (C=O) groups is 2. The van der Waals surface area contributed by atoms with Crippen LogP contribution in [0.3, 0.4) is 0 Å². The highest BCUT2D eigenvalue weighted by Gasteiger charge is 2.26. The molecule has 2 N–H and O–H groups in total. The minimum Gasteiger partial charge on any atom is -0.342 e. The second-order valence-electron chi connectivity index (χ2n) is 9.52. The van der Waals surface area contributed by atoms with E-state index in [1.165, 1.54) is 11.8 Å². The Kier molecular flexibility index (Phi) is 10.1. The number of hydrogen-bond acceptors (Lipinski definition) is 5. The molecule has 7 nitrogen and oxygen atoms in total. The molecule has 0 saturated heterocycles. The van der Waals surface area contributed by atoms with Crippen LogP contribution in [0.25, 0.3) is 0 Å². The first-order chi connectivity index (χ1) is 17.6. The molecule has 0 fully saturated rings. The van der Waals surface area contributed by atoms with Crippen molar-refractivity contribution < 1.29 is 9.59 Å². The number of hydrogen-bond donors (Lipinski definition) is 2. The zero-order valence-corrected chi connectivity index (χ0v) is 24.3. The SMILES string of the molecule is C=CCn1c(SCC(=O)Nc2ccc(Br)cc2C(C)C)nnc1[C@H](NC(=O)c1ccc(C)cc1)C(C)C. The Bertz CT molecular complexity index is 1250. The maximum atomic E-state index is 13.0. The summed E-state index contributed by atoms with van der Waals surface area (Å²) >= 11 is 4.81. The summed E-state index contributed by atoms with van der Waals surface area (Å²) in [6.07, 6.45) is 1.76. The van der Waals surface area contributed by atoms with E-state index in [4.69, 9.17) is 0 Å². The third kappa shape index (κ3) is 7.55. The first kappa shape index (κ1) is 28.7. The number of rotatable bonds is 11. The lowest BCUT2D eigenvalue weighted by Gasteiger charge is -2.22. The van der Waals surface area contributed by atoms with Gasteiger partial charge in [-0.05, 0) is 54.7 Å². The van der Waals surface area contributed by atoms with Gasteiger partial charge < -0.3 is 15.2 Å². The Hall–Kier alpha value is -2.91. The molecule has 0 aliphatic rings. The fourth-order valence-corrected chi connectivity index (χ4v) is 4.97. The van der Waals surface area contributed by atoms with Crippen LogP contribution >= 0.6 is 27.7 Å². The number of aryl methyl sites for hydroxylation is 1. The fourth-order valence-electron chi connectivity index (χ4n) is 3.84. The van der Waals surface area contributed by atoms with Crippen LogP contribution in [0.2, 0.25) is 0 Å². The van der Waals surface area contributed by atoms with E-state index in [0.29, 0.717) is 23.1 Å². The Balaban J connectivity index is 1.76. The lowest BCUT2D eigenvalue weighted by molar-refractivity contribution is -0.113. The largest absolute Gasteiger partial charge is 0.342 e. The minimum atomic E-state index is -0.360. The van der Waals surface area contributed by atoms with Gasteiger partial charge >= 0.3 is 0 Å². The lowest BCUT2D eigenvalue weighted by Crippen LogP contribution is -2.33. The van der Waals surface area contributed by atoms with Crippen molar-refractivity contribution in [3.05, 3.63) is 82.1 Å². The van der Waals surface area contributed by atoms with Crippen molar-refractivity contribution in [3.8, 4) is 0 Å². The number of nitrogens with zero attached hydrogens (tertiary/aromatic N) is 3. The third-order valence-corrected chi connectivity index (χ3v) is 7.30. The maximum Gasteiger partial charge on any atom is 0.251 e. The monoisotopic (exact) mass is 583 g/mol. The van der Waals surface area contributed by atoms with Crippen molar-refractivity contribution in [1.82, 2.24) is 20.1 Å². The van der Waals surface area contributed by atoms with Gasteiger partial charge in [0.15, 0.2) is 11.0 Å². The van der Waals surface area contributed by atoms with E-state index >= 15 is 0 Å². The molecule has 2 amide bonds. The van der Waals surface area contributed by atoms with Crippen LogP contribution < -0.4 is 10.6 Å². The smallest absolute Gasteiger partial charge is 0.251 e. The van der Waals surface area contributed by atoms with Gasteiger partial charge in [0.25, 0.3) is 5.91 Å². The summed E-state index contributed by atoms with van der Waals surface area (Å²) in [6.45, 7) is 14.5. The first-order valence-corrected chi connectivity index (χ1v) is 14.0. The van der Waals surface area contributed by atoms with Crippen molar-refractivity contribution in [2.75, 3.05) is 11.1 Å². The summed E-state index contributed by atoms with van der Waals surface area (Å²) < 4.78 is 2.88. The van der Waals surface area contributed by atoms with E-state index < -0.39 is 0 Å². The third-order valence-electron chi connectivity index (χ3n) is 5.84. The zero-order chi connectivity index (χ0) is 27.1. The molecule has 0 saturated carbocycles. The normalized spacial score (nSPS) is 12.0. The van der Waals surface area contributed by atoms with Gasteiger partial charge in [0.1, 0.15) is 0 Å². The average Bonchev–Trinajstić information content (AvgIpc) is 3.24. The van der Waals surface area contributed by atoms with Crippen LogP contribution in [-0.2, 0) is 11.3 Å². The number of allylic oxidation sites excluding steroid dienone is 1. The van der Waals surface area contributed by atoms with Crippen LogP contribution in [0.5, 0.6) is 0 Å². The molecule has 0 spiro atoms. The number of carbonyl (C=O) groups excluding carboxylic acids is 2. The highest BCUT2D eigenvalue weighted by atomic mass is 79.9. The topological polar surface area (TPSA) is 88.9 Å². The van der Waals surface area contributed by atoms with Crippen molar-refractivity contribution in [3.63, 3.8) is 0 Å². The zero-order valence-electron chi connectivity index (χ0n) is 21.9. The number of nitrogens with one attached hydrogen (secondary N) is 2. The standard InChI is InChI=1S/C28H34BrN5O2S/c1-7-14-34-26(25(18(4)5)31-27(36)20-10-8-19(6)9-11-20)32-33-28(34)37-16-24(35)30-23-13-12-21(29)15-22(23)17(2)3/h7-13,15,17-18,25H,1,14,16H2,2-6H3,(H,30,35)(H,31,36)/t25-/m1/s1. The quantitative estimate of drug-likeness (QED) is 0.198. The van der Waals surface area contributed by atoms with E-state index in [1.807, 2.05) is 67.8 Å².